The van der Waals surface area contributed by atoms with Gasteiger partial charge in [0.05, 0.1) is 5.60 Å². The van der Waals surface area contributed by atoms with Crippen molar-refractivity contribution >= 4 is 0 Å². The third-order valence-electron chi connectivity index (χ3n) is 4.28. The Bertz CT molecular complexity index is 214. The van der Waals surface area contributed by atoms with Crippen molar-refractivity contribution in [2.45, 2.75) is 63.6 Å². The lowest BCUT2D eigenvalue weighted by molar-refractivity contribution is 0.0361. The highest BCUT2D eigenvalue weighted by Crippen LogP contribution is 2.33. The van der Waals surface area contributed by atoms with E-state index in [1.807, 2.05) is 13.8 Å². The normalized spacial score (nSPS) is 22.7. The SMILES string of the molecule is CC(NCC1(N(C)C)CCCC1)C(C)(C)O. The molecule has 0 aromatic heterocycles. The molecule has 1 aliphatic carbocycles. The highest BCUT2D eigenvalue weighted by atomic mass is 16.3. The summed E-state index contributed by atoms with van der Waals surface area (Å²) in [5.74, 6) is 0. The molecule has 0 aromatic carbocycles. The van der Waals surface area contributed by atoms with Crippen LogP contribution in [0.2, 0.25) is 0 Å². The van der Waals surface area contributed by atoms with E-state index < -0.39 is 5.60 Å². The third kappa shape index (κ3) is 3.19. The molecule has 0 aromatic rings. The topological polar surface area (TPSA) is 35.5 Å². The first-order chi connectivity index (χ1) is 7.28. The molecule has 1 fully saturated rings. The Kier molecular flexibility index (Phi) is 4.38. The van der Waals surface area contributed by atoms with Gasteiger partial charge < -0.3 is 15.3 Å². The van der Waals surface area contributed by atoms with Crippen LogP contribution in [0.3, 0.4) is 0 Å². The quantitative estimate of drug-likeness (QED) is 0.750. The van der Waals surface area contributed by atoms with Crippen LogP contribution in [0.15, 0.2) is 0 Å². The maximum absolute atomic E-state index is 9.91. The number of nitrogens with zero attached hydrogens (tertiary/aromatic N) is 1. The van der Waals surface area contributed by atoms with Crippen molar-refractivity contribution < 1.29 is 5.11 Å². The van der Waals surface area contributed by atoms with Gasteiger partial charge >= 0.3 is 0 Å². The van der Waals surface area contributed by atoms with E-state index in [0.29, 0.717) is 5.54 Å². The minimum atomic E-state index is -0.647. The molecule has 3 nitrogen and oxygen atoms in total. The van der Waals surface area contributed by atoms with Crippen LogP contribution < -0.4 is 5.32 Å². The molecule has 3 heteroatoms. The van der Waals surface area contributed by atoms with E-state index >= 15 is 0 Å². The van der Waals surface area contributed by atoms with Crippen LogP contribution >= 0.6 is 0 Å². The van der Waals surface area contributed by atoms with Gasteiger partial charge in [0.25, 0.3) is 0 Å². The van der Waals surface area contributed by atoms with Gasteiger partial charge in [-0.25, -0.2) is 0 Å². The first-order valence-electron chi connectivity index (χ1n) is 6.41. The molecule has 1 saturated carbocycles. The predicted octanol–water partition coefficient (Wildman–Crippen LogP) is 1.61. The number of aliphatic hydroxyl groups is 1. The van der Waals surface area contributed by atoms with Crippen LogP contribution in [0, 0.1) is 0 Å². The maximum Gasteiger partial charge on any atom is 0.0741 e. The summed E-state index contributed by atoms with van der Waals surface area (Å²) in [5.41, 5.74) is -0.342. The van der Waals surface area contributed by atoms with Crippen LogP contribution in [0.25, 0.3) is 0 Å². The van der Waals surface area contributed by atoms with E-state index in [-0.39, 0.29) is 6.04 Å². The van der Waals surface area contributed by atoms with Gasteiger partial charge in [0.2, 0.25) is 0 Å². The van der Waals surface area contributed by atoms with E-state index in [4.69, 9.17) is 0 Å². The van der Waals surface area contributed by atoms with Gasteiger partial charge in [-0.15, -0.1) is 0 Å². The zero-order valence-corrected chi connectivity index (χ0v) is 11.5. The van der Waals surface area contributed by atoms with E-state index in [9.17, 15) is 5.11 Å². The second-order valence-corrected chi connectivity index (χ2v) is 6.08. The van der Waals surface area contributed by atoms with Crippen molar-refractivity contribution in [2.75, 3.05) is 20.6 Å². The number of likely N-dealkylation sites (N-methyl/N-ethyl adjacent to an activating group) is 1. The van der Waals surface area contributed by atoms with Crippen molar-refractivity contribution in [3.05, 3.63) is 0 Å². The van der Waals surface area contributed by atoms with Crippen molar-refractivity contribution in [1.29, 1.82) is 0 Å². The van der Waals surface area contributed by atoms with Crippen molar-refractivity contribution in [2.24, 2.45) is 0 Å². The molecule has 2 N–H and O–H groups in total. The van der Waals surface area contributed by atoms with Gasteiger partial charge in [0, 0.05) is 18.1 Å². The van der Waals surface area contributed by atoms with Gasteiger partial charge in [-0.2, -0.15) is 0 Å². The molecule has 0 saturated heterocycles. The van der Waals surface area contributed by atoms with Gasteiger partial charge in [-0.3, -0.25) is 0 Å². The monoisotopic (exact) mass is 228 g/mol. The Morgan fingerprint density at radius 2 is 1.81 bits per heavy atom. The van der Waals surface area contributed by atoms with Crippen LogP contribution in [0.4, 0.5) is 0 Å². The lowest BCUT2D eigenvalue weighted by Crippen LogP contribution is -2.55. The van der Waals surface area contributed by atoms with Crippen molar-refractivity contribution in [1.82, 2.24) is 10.2 Å². The minimum Gasteiger partial charge on any atom is -0.389 e. The summed E-state index contributed by atoms with van der Waals surface area (Å²) in [6.45, 7) is 6.76. The summed E-state index contributed by atoms with van der Waals surface area (Å²) in [5, 5.41) is 13.4. The number of rotatable bonds is 5. The van der Waals surface area contributed by atoms with Crippen LogP contribution in [0.5, 0.6) is 0 Å². The zero-order chi connectivity index (χ0) is 12.4. The highest BCUT2D eigenvalue weighted by Gasteiger charge is 2.36. The molecular weight excluding hydrogens is 200 g/mol. The summed E-state index contributed by atoms with van der Waals surface area (Å²) in [6, 6.07) is 0.130. The molecule has 1 atom stereocenters. The number of hydrogen-bond acceptors (Lipinski definition) is 3. The molecule has 1 rings (SSSR count). The Hall–Kier alpha value is -0.120. The fraction of sp³-hybridized carbons (Fsp3) is 1.00. The van der Waals surface area contributed by atoms with Gasteiger partial charge in [-0.1, -0.05) is 12.8 Å². The Balaban J connectivity index is 2.52. The lowest BCUT2D eigenvalue weighted by Gasteiger charge is -2.39. The molecule has 0 aliphatic heterocycles. The highest BCUT2D eigenvalue weighted by molar-refractivity contribution is 4.96. The molecule has 1 unspecified atom stereocenters. The summed E-state index contributed by atoms with van der Waals surface area (Å²) >= 11 is 0. The smallest absolute Gasteiger partial charge is 0.0741 e. The summed E-state index contributed by atoms with van der Waals surface area (Å²) in [6.07, 6.45) is 5.20. The third-order valence-corrected chi connectivity index (χ3v) is 4.28. The predicted molar refractivity (Wildman–Crippen MR) is 68.6 cm³/mol. The van der Waals surface area contributed by atoms with Gasteiger partial charge in [0.15, 0.2) is 0 Å². The molecule has 1 aliphatic rings. The summed E-state index contributed by atoms with van der Waals surface area (Å²) in [7, 11) is 4.34. The fourth-order valence-corrected chi connectivity index (χ4v) is 2.41. The maximum atomic E-state index is 9.91. The van der Waals surface area contributed by atoms with Crippen LogP contribution in [-0.2, 0) is 0 Å². The molecule has 16 heavy (non-hydrogen) atoms. The second-order valence-electron chi connectivity index (χ2n) is 6.08. The first-order valence-corrected chi connectivity index (χ1v) is 6.41. The average molecular weight is 228 g/mol. The molecule has 0 heterocycles. The average Bonchev–Trinajstić information content (AvgIpc) is 2.62. The molecule has 0 bridgehead atoms. The van der Waals surface area contributed by atoms with E-state index in [1.54, 1.807) is 0 Å². The van der Waals surface area contributed by atoms with E-state index in [2.05, 4.69) is 31.2 Å². The second kappa shape index (κ2) is 5.03. The van der Waals surface area contributed by atoms with Crippen molar-refractivity contribution in [3.8, 4) is 0 Å². The summed E-state index contributed by atoms with van der Waals surface area (Å²) in [4.78, 5) is 2.35. The fourth-order valence-electron chi connectivity index (χ4n) is 2.41. The van der Waals surface area contributed by atoms with E-state index in [1.165, 1.54) is 25.7 Å². The molecule has 0 amide bonds. The Morgan fingerprint density at radius 3 is 2.19 bits per heavy atom. The Labute approximate surface area is 100 Å². The molecule has 96 valence electrons. The summed E-state index contributed by atoms with van der Waals surface area (Å²) < 4.78 is 0. The van der Waals surface area contributed by atoms with Gasteiger partial charge in [-0.05, 0) is 47.7 Å². The molecular formula is C13H28N2O. The standard InChI is InChI=1S/C13H28N2O/c1-11(12(2,3)16)14-10-13(15(4)5)8-6-7-9-13/h11,14,16H,6-10H2,1-5H3. The first kappa shape index (κ1) is 13.9. The van der Waals surface area contributed by atoms with Crippen LogP contribution in [-0.4, -0.2) is 47.8 Å². The van der Waals surface area contributed by atoms with Crippen LogP contribution in [0.1, 0.15) is 46.5 Å². The number of nitrogens with one attached hydrogen (secondary N) is 1. The van der Waals surface area contributed by atoms with Crippen molar-refractivity contribution in [3.63, 3.8) is 0 Å². The van der Waals surface area contributed by atoms with E-state index in [0.717, 1.165) is 6.54 Å². The zero-order valence-electron chi connectivity index (χ0n) is 11.5. The number of hydrogen-bond donors (Lipinski definition) is 2. The Morgan fingerprint density at radius 1 is 1.31 bits per heavy atom. The van der Waals surface area contributed by atoms with Gasteiger partial charge in [0.1, 0.15) is 0 Å². The largest absolute Gasteiger partial charge is 0.389 e. The molecule has 0 spiro atoms. The lowest BCUT2D eigenvalue weighted by atomic mass is 9.94. The minimum absolute atomic E-state index is 0.130. The molecule has 0 radical (unpaired) electrons.